The van der Waals surface area contributed by atoms with Crippen LogP contribution >= 0.6 is 0 Å². The second-order valence-electron chi connectivity index (χ2n) is 7.19. The van der Waals surface area contributed by atoms with Crippen LogP contribution < -0.4 is 26.1 Å². The molecule has 32 heavy (non-hydrogen) atoms. The number of ether oxygens (including phenoxy) is 2. The first kappa shape index (κ1) is 24.7. The third-order valence-electron chi connectivity index (χ3n) is 4.92. The minimum Gasteiger partial charge on any atom is -0.494 e. The smallest absolute Gasteiger partial charge is 0.331 e. The van der Waals surface area contributed by atoms with Gasteiger partial charge in [-0.3, -0.25) is 19.1 Å². The molecule has 0 unspecified atom stereocenters. The van der Waals surface area contributed by atoms with Crippen molar-refractivity contribution in [3.05, 3.63) is 50.2 Å². The Morgan fingerprint density at radius 1 is 1.19 bits per heavy atom. The fourth-order valence-electron chi connectivity index (χ4n) is 3.11. The summed E-state index contributed by atoms with van der Waals surface area (Å²) in [5.41, 5.74) is 1.41. The predicted molar refractivity (Wildman–Crippen MR) is 121 cm³/mol. The van der Waals surface area contributed by atoms with Crippen molar-refractivity contribution in [1.82, 2.24) is 15.0 Å². The molecular formula is C22H30N4O6. The molecule has 2 aromatic rings. The Hall–Kier alpha value is -3.56. The number of carbonyl (C=O) groups is 1. The minimum absolute atomic E-state index is 0.0988. The summed E-state index contributed by atoms with van der Waals surface area (Å²) in [6, 6.07) is 5.32. The number of methoxy groups -OCH3 is 2. The molecule has 0 saturated heterocycles. The number of hydrogen-bond acceptors (Lipinski definition) is 7. The highest BCUT2D eigenvalue weighted by molar-refractivity contribution is 5.83. The molecule has 0 aliphatic rings. The van der Waals surface area contributed by atoms with Crippen molar-refractivity contribution in [2.45, 2.75) is 52.0 Å². The van der Waals surface area contributed by atoms with Gasteiger partial charge in [0.15, 0.2) is 11.5 Å². The first-order valence-electron chi connectivity index (χ1n) is 10.5. The normalized spacial score (nSPS) is 11.0. The van der Waals surface area contributed by atoms with Crippen molar-refractivity contribution < 1.29 is 19.4 Å². The van der Waals surface area contributed by atoms with Gasteiger partial charge in [-0.05, 0) is 30.5 Å². The van der Waals surface area contributed by atoms with Gasteiger partial charge in [0.2, 0.25) is 11.8 Å². The number of carbonyl (C=O) groups excluding carboxylic acids is 1. The SMILES string of the molecule is CCCCCCC(=O)N/N=C/c1c(O)n(CCc2ccc(OC)c(OC)c2)c(=O)[nH]c1=O. The van der Waals surface area contributed by atoms with Crippen LogP contribution in [0.3, 0.4) is 0 Å². The van der Waals surface area contributed by atoms with Gasteiger partial charge in [0.1, 0.15) is 5.56 Å². The predicted octanol–water partition coefficient (Wildman–Crippen LogP) is 1.92. The fourth-order valence-corrected chi connectivity index (χ4v) is 3.11. The van der Waals surface area contributed by atoms with Gasteiger partial charge in [-0.1, -0.05) is 32.3 Å². The third-order valence-corrected chi connectivity index (χ3v) is 4.92. The Morgan fingerprint density at radius 2 is 1.94 bits per heavy atom. The van der Waals surface area contributed by atoms with E-state index in [1.54, 1.807) is 12.1 Å². The molecule has 0 atom stereocenters. The molecule has 0 fully saturated rings. The molecule has 10 nitrogen and oxygen atoms in total. The van der Waals surface area contributed by atoms with E-state index in [-0.39, 0.29) is 18.0 Å². The number of H-pyrrole nitrogens is 1. The molecule has 3 N–H and O–H groups in total. The van der Waals surface area contributed by atoms with Gasteiger partial charge in [0, 0.05) is 13.0 Å². The average molecular weight is 447 g/mol. The molecule has 0 aliphatic heterocycles. The number of nitrogens with one attached hydrogen (secondary N) is 2. The molecule has 0 bridgehead atoms. The molecule has 0 spiro atoms. The van der Waals surface area contributed by atoms with Crippen LogP contribution in [0.5, 0.6) is 17.4 Å². The standard InChI is InChI=1S/C22H30N4O6/c1-4-5-6-7-8-19(27)25-23-14-16-20(28)24-22(30)26(21(16)29)12-11-15-9-10-17(31-2)18(13-15)32-3/h9-10,13-14,29H,4-8,11-12H2,1-3H3,(H,25,27)(H,24,28,30)/b23-14+. The number of nitrogens with zero attached hydrogens (tertiary/aromatic N) is 2. The zero-order chi connectivity index (χ0) is 23.5. The van der Waals surface area contributed by atoms with Gasteiger partial charge >= 0.3 is 5.69 Å². The number of aryl methyl sites for hydroxylation is 1. The maximum Gasteiger partial charge on any atom is 0.331 e. The van der Waals surface area contributed by atoms with Crippen LogP contribution in [0.2, 0.25) is 0 Å². The van der Waals surface area contributed by atoms with E-state index in [2.05, 4.69) is 22.4 Å². The van der Waals surface area contributed by atoms with E-state index >= 15 is 0 Å². The van der Waals surface area contributed by atoms with Gasteiger partial charge in [-0.25, -0.2) is 10.2 Å². The highest BCUT2D eigenvalue weighted by atomic mass is 16.5. The van der Waals surface area contributed by atoms with Crippen molar-refractivity contribution in [2.24, 2.45) is 5.10 Å². The molecule has 0 aliphatic carbocycles. The Morgan fingerprint density at radius 3 is 2.62 bits per heavy atom. The molecule has 10 heteroatoms. The molecule has 1 amide bonds. The van der Waals surface area contributed by atoms with E-state index in [1.807, 2.05) is 6.07 Å². The van der Waals surface area contributed by atoms with Crippen LogP contribution in [-0.2, 0) is 17.8 Å². The zero-order valence-corrected chi connectivity index (χ0v) is 18.6. The Labute approximate surface area is 185 Å². The highest BCUT2D eigenvalue weighted by Crippen LogP contribution is 2.27. The van der Waals surface area contributed by atoms with Crippen LogP contribution in [0.25, 0.3) is 0 Å². The number of hydrogen-bond donors (Lipinski definition) is 3. The summed E-state index contributed by atoms with van der Waals surface area (Å²) < 4.78 is 11.5. The van der Waals surface area contributed by atoms with Crippen LogP contribution in [0.4, 0.5) is 0 Å². The van der Waals surface area contributed by atoms with Crippen LogP contribution in [0, 0.1) is 0 Å². The molecule has 0 saturated carbocycles. The van der Waals surface area contributed by atoms with Gasteiger partial charge in [-0.15, -0.1) is 0 Å². The minimum atomic E-state index is -0.796. The molecular weight excluding hydrogens is 416 g/mol. The van der Waals surface area contributed by atoms with Crippen LogP contribution in [0.15, 0.2) is 32.9 Å². The van der Waals surface area contributed by atoms with Gasteiger partial charge in [0.25, 0.3) is 5.56 Å². The Kier molecular flexibility index (Phi) is 9.52. The maximum atomic E-state index is 12.2. The Bertz CT molecular complexity index is 1060. The molecule has 2 rings (SSSR count). The van der Waals surface area contributed by atoms with Crippen molar-refractivity contribution in [3.8, 4) is 17.4 Å². The van der Waals surface area contributed by atoms with E-state index in [0.29, 0.717) is 24.3 Å². The number of aromatic amines is 1. The molecule has 1 aromatic carbocycles. The summed E-state index contributed by atoms with van der Waals surface area (Å²) in [7, 11) is 3.06. The number of aromatic hydroxyl groups is 1. The Balaban J connectivity index is 2.10. The molecule has 1 aromatic heterocycles. The van der Waals surface area contributed by atoms with Gasteiger partial charge in [0.05, 0.1) is 20.4 Å². The number of rotatable bonds is 12. The van der Waals surface area contributed by atoms with E-state index in [1.165, 1.54) is 14.2 Å². The largest absolute Gasteiger partial charge is 0.494 e. The van der Waals surface area contributed by atoms with E-state index in [4.69, 9.17) is 9.47 Å². The quantitative estimate of drug-likeness (QED) is 0.259. The summed E-state index contributed by atoms with van der Waals surface area (Å²) >= 11 is 0. The summed E-state index contributed by atoms with van der Waals surface area (Å²) in [4.78, 5) is 38.2. The lowest BCUT2D eigenvalue weighted by atomic mass is 10.1. The lowest BCUT2D eigenvalue weighted by Gasteiger charge is -2.12. The summed E-state index contributed by atoms with van der Waals surface area (Å²) in [6.45, 7) is 2.18. The summed E-state index contributed by atoms with van der Waals surface area (Å²) in [5.74, 6) is 0.308. The van der Waals surface area contributed by atoms with Crippen molar-refractivity contribution in [3.63, 3.8) is 0 Å². The lowest BCUT2D eigenvalue weighted by Crippen LogP contribution is -2.33. The van der Waals surface area contributed by atoms with Crippen molar-refractivity contribution in [2.75, 3.05) is 14.2 Å². The maximum absolute atomic E-state index is 12.2. The fraction of sp³-hybridized carbons (Fsp3) is 0.455. The highest BCUT2D eigenvalue weighted by Gasteiger charge is 2.13. The number of benzene rings is 1. The number of unbranched alkanes of at least 4 members (excludes halogenated alkanes) is 3. The van der Waals surface area contributed by atoms with Gasteiger partial charge in [-0.2, -0.15) is 5.10 Å². The third kappa shape index (κ3) is 6.73. The number of hydrazone groups is 1. The summed E-state index contributed by atoms with van der Waals surface area (Å²) in [6.07, 6.45) is 5.58. The lowest BCUT2D eigenvalue weighted by molar-refractivity contribution is -0.121. The second-order valence-corrected chi connectivity index (χ2v) is 7.19. The zero-order valence-electron chi connectivity index (χ0n) is 18.6. The van der Waals surface area contributed by atoms with E-state index in [0.717, 1.165) is 42.0 Å². The first-order chi connectivity index (χ1) is 15.4. The second kappa shape index (κ2) is 12.3. The van der Waals surface area contributed by atoms with Crippen molar-refractivity contribution in [1.29, 1.82) is 0 Å². The van der Waals surface area contributed by atoms with E-state index < -0.39 is 17.1 Å². The van der Waals surface area contributed by atoms with Crippen LogP contribution in [-0.4, -0.2) is 41.0 Å². The number of amides is 1. The van der Waals surface area contributed by atoms with Crippen LogP contribution in [0.1, 0.15) is 50.2 Å². The number of aromatic nitrogens is 2. The van der Waals surface area contributed by atoms with E-state index in [9.17, 15) is 19.5 Å². The monoisotopic (exact) mass is 446 g/mol. The average Bonchev–Trinajstić information content (AvgIpc) is 2.78. The first-order valence-corrected chi connectivity index (χ1v) is 10.5. The van der Waals surface area contributed by atoms with Crippen molar-refractivity contribution >= 4 is 12.1 Å². The molecule has 174 valence electrons. The molecule has 0 radical (unpaired) electrons. The summed E-state index contributed by atoms with van der Waals surface area (Å²) in [5, 5.41) is 14.2. The topological polar surface area (TPSA) is 135 Å². The molecule has 1 heterocycles. The van der Waals surface area contributed by atoms with Gasteiger partial charge < -0.3 is 14.6 Å².